The van der Waals surface area contributed by atoms with Crippen molar-refractivity contribution in [2.75, 3.05) is 47.0 Å². The maximum absolute atomic E-state index is 12.5. The minimum atomic E-state index is -4.18. The fourth-order valence-corrected chi connectivity index (χ4v) is 5.61. The molecule has 0 aliphatic rings. The van der Waals surface area contributed by atoms with E-state index in [-0.39, 0.29) is 24.9 Å². The van der Waals surface area contributed by atoms with E-state index in [1.54, 1.807) is 0 Å². The van der Waals surface area contributed by atoms with E-state index in [2.05, 4.69) is 27.9 Å². The molecule has 0 heterocycles. The summed E-state index contributed by atoms with van der Waals surface area (Å²) >= 11 is 0. The fraction of sp³-hybridized carbons (Fsp3) is 0.788. The summed E-state index contributed by atoms with van der Waals surface area (Å²) in [6.45, 7) is 8.87. The summed E-state index contributed by atoms with van der Waals surface area (Å²) in [6, 6.07) is 7.92. The van der Waals surface area contributed by atoms with Gasteiger partial charge in [-0.05, 0) is 43.4 Å². The molecule has 8 heteroatoms. The maximum Gasteiger partial charge on any atom is 0.472 e. The Hall–Kier alpha value is -1.24. The van der Waals surface area contributed by atoms with Gasteiger partial charge in [-0.2, -0.15) is 0 Å². The number of Topliss-reactive ketones (excluding diaryl/α,β-unsaturated/α-hetero) is 1. The molecule has 0 saturated heterocycles. The Morgan fingerprint density at radius 1 is 0.878 bits per heavy atom. The number of quaternary nitrogens is 1. The number of carbonyl (C=O) groups excluding carboxylic acids is 1. The van der Waals surface area contributed by atoms with E-state index in [1.807, 2.05) is 31.2 Å². The van der Waals surface area contributed by atoms with Gasteiger partial charge in [0.1, 0.15) is 11.5 Å². The van der Waals surface area contributed by atoms with Crippen molar-refractivity contribution in [3.8, 4) is 5.75 Å². The van der Waals surface area contributed by atoms with Crippen LogP contribution in [-0.2, 0) is 24.8 Å². The van der Waals surface area contributed by atoms with Crippen LogP contribution in [-0.4, -0.2) is 62.2 Å². The zero-order chi connectivity index (χ0) is 30.4. The lowest BCUT2D eigenvalue weighted by atomic mass is 9.94. The molecule has 0 fully saturated rings. The molecule has 0 amide bonds. The summed E-state index contributed by atoms with van der Waals surface area (Å²) in [5.41, 5.74) is 1.02. The first-order chi connectivity index (χ1) is 19.6. The highest BCUT2D eigenvalue weighted by Crippen LogP contribution is 2.44. The molecule has 1 aromatic carbocycles. The number of hydrogen-bond acceptors (Lipinski definition) is 5. The highest BCUT2D eigenvalue weighted by Gasteiger charge is 2.25. The molecule has 2 atom stereocenters. The summed E-state index contributed by atoms with van der Waals surface area (Å²) in [5.74, 6) is 0.709. The third-order valence-corrected chi connectivity index (χ3v) is 8.83. The van der Waals surface area contributed by atoms with Gasteiger partial charge in [-0.25, -0.2) is 4.57 Å². The first-order valence-corrected chi connectivity index (χ1v) is 17.8. The molecule has 0 saturated carbocycles. The summed E-state index contributed by atoms with van der Waals surface area (Å²) in [4.78, 5) is 22.4. The second-order valence-corrected chi connectivity index (χ2v) is 13.6. The number of nitrogens with zero attached hydrogens (tertiary/aromatic N) is 1. The van der Waals surface area contributed by atoms with Crippen LogP contribution in [0, 0.1) is 5.92 Å². The highest BCUT2D eigenvalue weighted by molar-refractivity contribution is 7.47. The number of hydrogen-bond donors (Lipinski definition) is 1. The molecule has 41 heavy (non-hydrogen) atoms. The number of ketones is 1. The molecule has 1 rings (SSSR count). The number of carbonyl (C=O) groups is 1. The average Bonchev–Trinajstić information content (AvgIpc) is 2.95. The molecule has 1 N–H and O–H groups in total. The zero-order valence-corrected chi connectivity index (χ0v) is 27.8. The van der Waals surface area contributed by atoms with Crippen molar-refractivity contribution < 1.29 is 32.5 Å². The Morgan fingerprint density at radius 2 is 1.51 bits per heavy atom. The summed E-state index contributed by atoms with van der Waals surface area (Å²) in [5, 5.41) is 0. The van der Waals surface area contributed by atoms with Crippen LogP contribution in [0.15, 0.2) is 24.3 Å². The maximum atomic E-state index is 12.5. The Balaban J connectivity index is 2.43. The normalized spacial score (nSPS) is 14.1. The molecule has 0 aromatic heterocycles. The fourth-order valence-electron chi connectivity index (χ4n) is 4.78. The van der Waals surface area contributed by atoms with Crippen LogP contribution in [0.2, 0.25) is 0 Å². The molecular formula is C33H61NO6P+. The summed E-state index contributed by atoms with van der Waals surface area (Å²) < 4.78 is 29.9. The van der Waals surface area contributed by atoms with Gasteiger partial charge in [0.05, 0.1) is 47.0 Å². The molecule has 0 aliphatic heterocycles. The van der Waals surface area contributed by atoms with Gasteiger partial charge in [0.2, 0.25) is 0 Å². The molecule has 2 unspecified atom stereocenters. The van der Waals surface area contributed by atoms with E-state index in [4.69, 9.17) is 13.8 Å². The zero-order valence-electron chi connectivity index (χ0n) is 26.9. The molecule has 238 valence electrons. The van der Waals surface area contributed by atoms with Crippen LogP contribution in [0.5, 0.6) is 5.75 Å². The first-order valence-electron chi connectivity index (χ1n) is 16.3. The van der Waals surface area contributed by atoms with Gasteiger partial charge in [0.25, 0.3) is 0 Å². The highest BCUT2D eigenvalue weighted by atomic mass is 31.2. The second-order valence-electron chi connectivity index (χ2n) is 12.1. The number of phosphoric acid groups is 1. The monoisotopic (exact) mass is 598 g/mol. The molecule has 0 spiro atoms. The van der Waals surface area contributed by atoms with Gasteiger partial charge in [-0.3, -0.25) is 13.8 Å². The summed E-state index contributed by atoms with van der Waals surface area (Å²) in [6.07, 6.45) is 16.3. The van der Waals surface area contributed by atoms with Gasteiger partial charge in [0.15, 0.2) is 0 Å². The first kappa shape index (κ1) is 37.8. The topological polar surface area (TPSA) is 82.1 Å². The lowest BCUT2D eigenvalue weighted by Gasteiger charge is -2.28. The third-order valence-electron chi connectivity index (χ3n) is 7.84. The minimum absolute atomic E-state index is 0.0140. The molecule has 0 aliphatic carbocycles. The standard InChI is InChI=1S/C33H60NO6P/c1-6-9-10-11-12-13-14-15-16-17-18-24-38-33-22-19-21-30(28-33)26-31(27-32(35)7-2)29-40-41(36,37)39-25-20-23-34(4,5)8-3/h19,21-22,28,31H,6-18,20,23-27,29H2,1-5H3/p+1. The van der Waals surface area contributed by atoms with Crippen molar-refractivity contribution in [3.63, 3.8) is 0 Å². The van der Waals surface area contributed by atoms with Crippen LogP contribution in [0.4, 0.5) is 0 Å². The van der Waals surface area contributed by atoms with Crippen LogP contribution in [0.25, 0.3) is 0 Å². The lowest BCUT2D eigenvalue weighted by Crippen LogP contribution is -2.40. The number of ether oxygens (including phenoxy) is 1. The van der Waals surface area contributed by atoms with Crippen LogP contribution in [0.3, 0.4) is 0 Å². The van der Waals surface area contributed by atoms with Crippen molar-refractivity contribution in [1.29, 1.82) is 0 Å². The van der Waals surface area contributed by atoms with Crippen molar-refractivity contribution in [1.82, 2.24) is 0 Å². The quantitative estimate of drug-likeness (QED) is 0.0621. The van der Waals surface area contributed by atoms with E-state index < -0.39 is 7.82 Å². The molecule has 0 radical (unpaired) electrons. The average molecular weight is 599 g/mol. The Labute approximate surface area is 251 Å². The number of unbranched alkanes of at least 4 members (excludes halogenated alkanes) is 10. The number of benzene rings is 1. The van der Waals surface area contributed by atoms with Crippen LogP contribution >= 0.6 is 7.82 Å². The van der Waals surface area contributed by atoms with E-state index in [9.17, 15) is 14.3 Å². The van der Waals surface area contributed by atoms with E-state index in [0.717, 1.165) is 35.3 Å². The summed E-state index contributed by atoms with van der Waals surface area (Å²) in [7, 11) is 0.0454. The number of rotatable bonds is 27. The predicted molar refractivity (Wildman–Crippen MR) is 169 cm³/mol. The van der Waals surface area contributed by atoms with Gasteiger partial charge in [-0.15, -0.1) is 0 Å². The van der Waals surface area contributed by atoms with Crippen molar-refractivity contribution in [2.45, 2.75) is 117 Å². The number of phosphoric ester groups is 1. The second kappa shape index (κ2) is 22.3. The van der Waals surface area contributed by atoms with Gasteiger partial charge >= 0.3 is 7.82 Å². The Morgan fingerprint density at radius 3 is 2.12 bits per heavy atom. The minimum Gasteiger partial charge on any atom is -0.494 e. The lowest BCUT2D eigenvalue weighted by molar-refractivity contribution is -0.888. The van der Waals surface area contributed by atoms with Gasteiger partial charge in [0, 0.05) is 19.3 Å². The van der Waals surface area contributed by atoms with Crippen molar-refractivity contribution in [3.05, 3.63) is 29.8 Å². The Kier molecular flexibility index (Phi) is 20.6. The SMILES string of the molecule is CCCCCCCCCCCCCOc1cccc(CC(COP(=O)(O)OCCC[N+](C)(C)CC)CC(=O)CC)c1. The smallest absolute Gasteiger partial charge is 0.472 e. The molecule has 7 nitrogen and oxygen atoms in total. The molecule has 0 bridgehead atoms. The molecule has 1 aromatic rings. The van der Waals surface area contributed by atoms with E-state index in [0.29, 0.717) is 32.3 Å². The predicted octanol–water partition coefficient (Wildman–Crippen LogP) is 8.52. The largest absolute Gasteiger partial charge is 0.494 e. The van der Waals surface area contributed by atoms with Gasteiger partial charge in [-0.1, -0.05) is 90.2 Å². The van der Waals surface area contributed by atoms with Gasteiger partial charge < -0.3 is 14.1 Å². The van der Waals surface area contributed by atoms with E-state index >= 15 is 0 Å². The van der Waals surface area contributed by atoms with E-state index in [1.165, 1.54) is 64.2 Å². The third kappa shape index (κ3) is 20.3. The van der Waals surface area contributed by atoms with Crippen LogP contribution in [0.1, 0.15) is 116 Å². The van der Waals surface area contributed by atoms with Crippen molar-refractivity contribution in [2.24, 2.45) is 5.92 Å². The van der Waals surface area contributed by atoms with Crippen LogP contribution < -0.4 is 4.74 Å². The van der Waals surface area contributed by atoms with Crippen molar-refractivity contribution >= 4 is 13.6 Å². The Bertz CT molecular complexity index is 862. The molecular weight excluding hydrogens is 537 g/mol.